The quantitative estimate of drug-likeness (QED) is 0.838. The first kappa shape index (κ1) is 18.9. The van der Waals surface area contributed by atoms with Crippen LogP contribution in [-0.4, -0.2) is 22.2 Å². The third-order valence-corrected chi connectivity index (χ3v) is 4.92. The summed E-state index contributed by atoms with van der Waals surface area (Å²) < 4.78 is 0. The minimum atomic E-state index is -1.39. The first-order chi connectivity index (χ1) is 11.6. The Bertz CT molecular complexity index is 831. The standard InChI is InChI=1S/C17H14Cl2O6/c1-6-12(18)8(4-10(14(6)20)16(22)23)3-9-5-11(17(24)25)15(21)7(2)13(9)19/h4-5,20-21H,3H2,1-2H3,(H,22,23)(H,24,25)/p-2. The van der Waals surface area contributed by atoms with Crippen LogP contribution < -0.4 is 10.2 Å². The van der Waals surface area contributed by atoms with Crippen LogP contribution in [0.4, 0.5) is 0 Å². The van der Waals surface area contributed by atoms with Crippen molar-refractivity contribution in [3.05, 3.63) is 55.6 Å². The first-order valence-corrected chi connectivity index (χ1v) is 7.76. The summed E-state index contributed by atoms with van der Waals surface area (Å²) in [6, 6.07) is 2.27. The Morgan fingerprint density at radius 3 is 1.48 bits per heavy atom. The second kappa shape index (κ2) is 6.82. The van der Waals surface area contributed by atoms with E-state index in [0.717, 1.165) is 12.1 Å². The summed E-state index contributed by atoms with van der Waals surface area (Å²) in [7, 11) is 0. The summed E-state index contributed by atoms with van der Waals surface area (Å²) in [5.74, 6) is -4.17. The molecule has 2 aromatic carbocycles. The Morgan fingerprint density at radius 1 is 0.880 bits per heavy atom. The van der Waals surface area contributed by atoms with Gasteiger partial charge in [0.1, 0.15) is 0 Å². The molecule has 0 saturated heterocycles. The van der Waals surface area contributed by atoms with E-state index in [-0.39, 0.29) is 27.6 Å². The zero-order chi connectivity index (χ0) is 19.0. The van der Waals surface area contributed by atoms with Gasteiger partial charge in [0, 0.05) is 16.5 Å². The molecular weight excluding hydrogens is 371 g/mol. The SMILES string of the molecule is Cc1c([O-])c(C(=O)O)cc(Cc2cc(C(=O)O)c([O-])c(C)c2Cl)c1Cl. The van der Waals surface area contributed by atoms with Gasteiger partial charge in [0.15, 0.2) is 0 Å². The van der Waals surface area contributed by atoms with Crippen molar-refractivity contribution < 1.29 is 30.0 Å². The second-order valence-corrected chi connectivity index (χ2v) is 6.25. The molecule has 0 saturated carbocycles. The van der Waals surface area contributed by atoms with Crippen molar-refractivity contribution in [2.45, 2.75) is 20.3 Å². The molecule has 0 radical (unpaired) electrons. The van der Waals surface area contributed by atoms with Gasteiger partial charge in [0.25, 0.3) is 0 Å². The average molecular weight is 383 g/mol. The maximum absolute atomic E-state index is 11.9. The third-order valence-electron chi connectivity index (χ3n) is 3.87. The summed E-state index contributed by atoms with van der Waals surface area (Å²) in [6.45, 7) is 2.80. The van der Waals surface area contributed by atoms with Crippen molar-refractivity contribution in [2.75, 3.05) is 0 Å². The Morgan fingerprint density at radius 2 is 1.20 bits per heavy atom. The fourth-order valence-corrected chi connectivity index (χ4v) is 2.89. The van der Waals surface area contributed by atoms with Crippen molar-refractivity contribution >= 4 is 35.1 Å². The molecular formula is C17H12Cl2O6-2. The molecule has 0 unspecified atom stereocenters. The van der Waals surface area contributed by atoms with E-state index in [2.05, 4.69) is 0 Å². The van der Waals surface area contributed by atoms with Crippen LogP contribution in [-0.2, 0) is 6.42 Å². The summed E-state index contributed by atoms with van der Waals surface area (Å²) in [5, 5.41) is 42.3. The monoisotopic (exact) mass is 382 g/mol. The number of rotatable bonds is 4. The fourth-order valence-electron chi connectivity index (χ4n) is 2.47. The zero-order valence-electron chi connectivity index (χ0n) is 13.1. The molecule has 0 aliphatic carbocycles. The highest BCUT2D eigenvalue weighted by molar-refractivity contribution is 6.33. The van der Waals surface area contributed by atoms with E-state index in [1.54, 1.807) is 0 Å². The van der Waals surface area contributed by atoms with E-state index in [1.807, 2.05) is 0 Å². The topological polar surface area (TPSA) is 121 Å². The Balaban J connectivity index is 2.65. The molecule has 132 valence electrons. The highest BCUT2D eigenvalue weighted by atomic mass is 35.5. The molecule has 0 aromatic heterocycles. The highest BCUT2D eigenvalue weighted by Crippen LogP contribution is 2.36. The molecule has 6 nitrogen and oxygen atoms in total. The smallest absolute Gasteiger partial charge is 0.335 e. The molecule has 2 rings (SSSR count). The lowest BCUT2D eigenvalue weighted by Gasteiger charge is -2.21. The molecule has 0 fully saturated rings. The number of carboxylic acid groups (broad SMARTS) is 2. The molecule has 0 bridgehead atoms. The van der Waals surface area contributed by atoms with Crippen LogP contribution in [0.25, 0.3) is 0 Å². The number of hydrogen-bond donors (Lipinski definition) is 2. The van der Waals surface area contributed by atoms with Gasteiger partial charge in [-0.25, -0.2) is 9.59 Å². The highest BCUT2D eigenvalue weighted by Gasteiger charge is 2.17. The molecule has 0 atom stereocenters. The van der Waals surface area contributed by atoms with E-state index < -0.39 is 34.6 Å². The van der Waals surface area contributed by atoms with Gasteiger partial charge >= 0.3 is 11.9 Å². The average Bonchev–Trinajstić information content (AvgIpc) is 2.54. The molecule has 2 aromatic rings. The van der Waals surface area contributed by atoms with Crippen LogP contribution in [0.3, 0.4) is 0 Å². The minimum Gasteiger partial charge on any atom is -0.872 e. The summed E-state index contributed by atoms with van der Waals surface area (Å²) >= 11 is 12.3. The Hall–Kier alpha value is -2.44. The van der Waals surface area contributed by atoms with Gasteiger partial charge in [-0.05, 0) is 48.2 Å². The maximum atomic E-state index is 11.9. The number of hydrogen-bond acceptors (Lipinski definition) is 4. The molecule has 0 heterocycles. The van der Waals surface area contributed by atoms with Crippen molar-refractivity contribution in [3.63, 3.8) is 0 Å². The molecule has 0 aliphatic rings. The summed E-state index contributed by atoms with van der Waals surface area (Å²) in [4.78, 5) is 22.4. The predicted octanol–water partition coefficient (Wildman–Crippen LogP) is 2.74. The third kappa shape index (κ3) is 3.36. The van der Waals surface area contributed by atoms with E-state index in [9.17, 15) is 19.8 Å². The van der Waals surface area contributed by atoms with Gasteiger partial charge in [0.2, 0.25) is 0 Å². The largest absolute Gasteiger partial charge is 0.872 e. The van der Waals surface area contributed by atoms with Gasteiger partial charge in [-0.2, -0.15) is 0 Å². The van der Waals surface area contributed by atoms with Crippen LogP contribution in [0, 0.1) is 13.8 Å². The molecule has 0 aliphatic heterocycles. The first-order valence-electron chi connectivity index (χ1n) is 7.00. The van der Waals surface area contributed by atoms with Crippen molar-refractivity contribution in [1.29, 1.82) is 0 Å². The van der Waals surface area contributed by atoms with Gasteiger partial charge < -0.3 is 20.4 Å². The van der Waals surface area contributed by atoms with Crippen molar-refractivity contribution in [2.24, 2.45) is 0 Å². The summed E-state index contributed by atoms with van der Waals surface area (Å²) in [5.41, 5.74) is -0.140. The number of carbonyl (C=O) groups is 2. The van der Waals surface area contributed by atoms with Gasteiger partial charge in [0.05, 0.1) is 11.1 Å². The number of halogens is 2. The molecule has 0 spiro atoms. The van der Waals surface area contributed by atoms with E-state index in [4.69, 9.17) is 33.4 Å². The zero-order valence-corrected chi connectivity index (χ0v) is 14.7. The number of benzene rings is 2. The lowest BCUT2D eigenvalue weighted by molar-refractivity contribution is -0.270. The molecule has 25 heavy (non-hydrogen) atoms. The lowest BCUT2D eigenvalue weighted by atomic mass is 9.96. The lowest BCUT2D eigenvalue weighted by Crippen LogP contribution is -2.10. The maximum Gasteiger partial charge on any atom is 0.335 e. The number of carboxylic acids is 2. The predicted molar refractivity (Wildman–Crippen MR) is 88.0 cm³/mol. The fraction of sp³-hybridized carbons (Fsp3) is 0.176. The Labute approximate surface area is 152 Å². The van der Waals surface area contributed by atoms with Gasteiger partial charge in [-0.3, -0.25) is 0 Å². The van der Waals surface area contributed by atoms with Crippen LogP contribution in [0.2, 0.25) is 10.0 Å². The van der Waals surface area contributed by atoms with E-state index >= 15 is 0 Å². The van der Waals surface area contributed by atoms with Gasteiger partial charge in [-0.15, -0.1) is 0 Å². The molecule has 0 amide bonds. The van der Waals surface area contributed by atoms with Crippen LogP contribution in [0.1, 0.15) is 43.0 Å². The van der Waals surface area contributed by atoms with Gasteiger partial charge in [-0.1, -0.05) is 34.7 Å². The van der Waals surface area contributed by atoms with Crippen molar-refractivity contribution in [1.82, 2.24) is 0 Å². The normalized spacial score (nSPS) is 10.7. The van der Waals surface area contributed by atoms with Crippen LogP contribution in [0.15, 0.2) is 12.1 Å². The van der Waals surface area contributed by atoms with Crippen molar-refractivity contribution in [3.8, 4) is 11.5 Å². The number of aromatic carboxylic acids is 2. The van der Waals surface area contributed by atoms with Crippen LogP contribution >= 0.6 is 23.2 Å². The Kier molecular flexibility index (Phi) is 5.15. The van der Waals surface area contributed by atoms with E-state index in [1.165, 1.54) is 13.8 Å². The minimum absolute atomic E-state index is 0.0273. The molecule has 2 N–H and O–H groups in total. The van der Waals surface area contributed by atoms with Crippen LogP contribution in [0.5, 0.6) is 11.5 Å². The second-order valence-electron chi connectivity index (χ2n) is 5.49. The summed E-state index contributed by atoms with van der Waals surface area (Å²) in [6.07, 6.45) is -0.0273. The van der Waals surface area contributed by atoms with E-state index in [0.29, 0.717) is 11.1 Å². The molecule has 8 heteroatoms.